The Balaban J connectivity index is 1.82. The van der Waals surface area contributed by atoms with Crippen LogP contribution < -0.4 is 5.32 Å². The molecule has 1 aromatic carbocycles. The third-order valence-corrected chi connectivity index (χ3v) is 2.70. The molecule has 1 N–H and O–H groups in total. The highest BCUT2D eigenvalue weighted by Gasteiger charge is 2.24. The van der Waals surface area contributed by atoms with Crippen molar-refractivity contribution in [1.29, 1.82) is 0 Å². The van der Waals surface area contributed by atoms with E-state index in [1.54, 1.807) is 0 Å². The van der Waals surface area contributed by atoms with Crippen molar-refractivity contribution in [3.05, 3.63) is 35.9 Å². The second-order valence-electron chi connectivity index (χ2n) is 3.85. The molecule has 0 saturated carbocycles. The van der Waals surface area contributed by atoms with Crippen molar-refractivity contribution in [2.24, 2.45) is 0 Å². The van der Waals surface area contributed by atoms with Gasteiger partial charge in [0.05, 0.1) is 6.61 Å². The lowest BCUT2D eigenvalue weighted by Gasteiger charge is -2.27. The second kappa shape index (κ2) is 5.24. The summed E-state index contributed by atoms with van der Waals surface area (Å²) < 4.78 is 18.4. The first-order valence-electron chi connectivity index (χ1n) is 5.35. The predicted octanol–water partition coefficient (Wildman–Crippen LogP) is 1.90. The summed E-state index contributed by atoms with van der Waals surface area (Å²) in [6.07, 6.45) is -0.115. The molecule has 0 amide bonds. The van der Waals surface area contributed by atoms with Gasteiger partial charge in [-0.05, 0) is 12.0 Å². The maximum atomic E-state index is 13.4. The van der Waals surface area contributed by atoms with Crippen LogP contribution in [0.15, 0.2) is 30.3 Å². The van der Waals surface area contributed by atoms with Gasteiger partial charge in [0.2, 0.25) is 0 Å². The number of benzene rings is 1. The van der Waals surface area contributed by atoms with Crippen LogP contribution in [0.5, 0.6) is 0 Å². The normalized spacial score (nSPS) is 26.5. The van der Waals surface area contributed by atoms with Gasteiger partial charge in [-0.1, -0.05) is 30.3 Å². The van der Waals surface area contributed by atoms with Gasteiger partial charge in [0.15, 0.2) is 0 Å². The van der Waals surface area contributed by atoms with E-state index in [0.29, 0.717) is 6.61 Å². The number of halogens is 1. The van der Waals surface area contributed by atoms with Gasteiger partial charge in [0.1, 0.15) is 6.17 Å². The molecule has 2 unspecified atom stereocenters. The number of hydrogen-bond acceptors (Lipinski definition) is 2. The summed E-state index contributed by atoms with van der Waals surface area (Å²) in [6.45, 7) is 1.62. The molecule has 2 atom stereocenters. The second-order valence-corrected chi connectivity index (χ2v) is 3.85. The van der Waals surface area contributed by atoms with E-state index in [0.717, 1.165) is 13.0 Å². The summed E-state index contributed by atoms with van der Waals surface area (Å²) in [5.41, 5.74) is 1.19. The van der Waals surface area contributed by atoms with Crippen LogP contribution in [0.2, 0.25) is 0 Å². The first kappa shape index (κ1) is 10.6. The molecule has 3 heteroatoms. The first-order chi connectivity index (χ1) is 7.36. The minimum absolute atomic E-state index is 0.0565. The first-order valence-corrected chi connectivity index (χ1v) is 5.35. The molecule has 1 aliphatic rings. The van der Waals surface area contributed by atoms with Crippen LogP contribution >= 0.6 is 0 Å². The van der Waals surface area contributed by atoms with Gasteiger partial charge >= 0.3 is 0 Å². The summed E-state index contributed by atoms with van der Waals surface area (Å²) >= 11 is 0. The third kappa shape index (κ3) is 3.01. The average Bonchev–Trinajstić information content (AvgIpc) is 2.29. The molecule has 82 valence electrons. The van der Waals surface area contributed by atoms with Gasteiger partial charge in [0.25, 0.3) is 0 Å². The molecule has 1 aliphatic heterocycles. The van der Waals surface area contributed by atoms with E-state index < -0.39 is 6.17 Å². The van der Waals surface area contributed by atoms with Crippen LogP contribution in [0.25, 0.3) is 0 Å². The average molecular weight is 209 g/mol. The van der Waals surface area contributed by atoms with Crippen LogP contribution in [0.4, 0.5) is 4.39 Å². The Morgan fingerprint density at radius 1 is 1.33 bits per heavy atom. The van der Waals surface area contributed by atoms with Gasteiger partial charge in [0, 0.05) is 19.2 Å². The van der Waals surface area contributed by atoms with Crippen LogP contribution in [0.3, 0.4) is 0 Å². The molecule has 0 aromatic heterocycles. The number of rotatable bonds is 3. The fraction of sp³-hybridized carbons (Fsp3) is 0.500. The summed E-state index contributed by atoms with van der Waals surface area (Å²) in [5.74, 6) is 0. The van der Waals surface area contributed by atoms with Gasteiger partial charge in [-0.25, -0.2) is 4.39 Å². The molecular formula is C12H16FNO. The van der Waals surface area contributed by atoms with E-state index in [-0.39, 0.29) is 12.6 Å². The van der Waals surface area contributed by atoms with Gasteiger partial charge in [-0.2, -0.15) is 0 Å². The smallest absolute Gasteiger partial charge is 0.139 e. The van der Waals surface area contributed by atoms with E-state index in [9.17, 15) is 4.39 Å². The fourth-order valence-corrected chi connectivity index (χ4v) is 1.78. The lowest BCUT2D eigenvalue weighted by Crippen LogP contribution is -2.43. The van der Waals surface area contributed by atoms with E-state index in [1.807, 2.05) is 30.3 Å². The zero-order valence-corrected chi connectivity index (χ0v) is 8.66. The predicted molar refractivity (Wildman–Crippen MR) is 57.4 cm³/mol. The molecule has 0 aliphatic carbocycles. The number of hydrogen-bond donors (Lipinski definition) is 1. The van der Waals surface area contributed by atoms with Crippen molar-refractivity contribution < 1.29 is 9.13 Å². The van der Waals surface area contributed by atoms with Gasteiger partial charge < -0.3 is 10.1 Å². The van der Waals surface area contributed by atoms with E-state index in [2.05, 4.69) is 5.32 Å². The van der Waals surface area contributed by atoms with Crippen molar-refractivity contribution in [2.75, 3.05) is 13.2 Å². The number of ether oxygens (including phenoxy) is 1. The summed E-state index contributed by atoms with van der Waals surface area (Å²) in [7, 11) is 0. The Kier molecular flexibility index (Phi) is 3.69. The Bertz CT molecular complexity index is 291. The van der Waals surface area contributed by atoms with Crippen LogP contribution in [-0.4, -0.2) is 25.4 Å². The molecule has 0 spiro atoms. The summed E-state index contributed by atoms with van der Waals surface area (Å²) in [5, 5.41) is 3.23. The Labute approximate surface area is 89.4 Å². The highest BCUT2D eigenvalue weighted by atomic mass is 19.1. The minimum atomic E-state index is -0.873. The molecular weight excluding hydrogens is 193 g/mol. The van der Waals surface area contributed by atoms with Crippen LogP contribution in [-0.2, 0) is 11.3 Å². The largest absolute Gasteiger partial charge is 0.378 e. The topological polar surface area (TPSA) is 21.3 Å². The van der Waals surface area contributed by atoms with Gasteiger partial charge in [-0.3, -0.25) is 0 Å². The summed E-state index contributed by atoms with van der Waals surface area (Å²) in [6, 6.07) is 10.00. The van der Waals surface area contributed by atoms with Crippen molar-refractivity contribution in [3.63, 3.8) is 0 Å². The lowest BCUT2D eigenvalue weighted by molar-refractivity contribution is 0.0135. The SMILES string of the molecule is FC1COCCC1NCc1ccccc1. The van der Waals surface area contributed by atoms with Gasteiger partial charge in [-0.15, -0.1) is 0 Å². The van der Waals surface area contributed by atoms with Crippen molar-refractivity contribution in [3.8, 4) is 0 Å². The molecule has 1 fully saturated rings. The van der Waals surface area contributed by atoms with Crippen LogP contribution in [0, 0.1) is 0 Å². The molecule has 2 rings (SSSR count). The van der Waals surface area contributed by atoms with Crippen molar-refractivity contribution >= 4 is 0 Å². The molecule has 1 aromatic rings. The quantitative estimate of drug-likeness (QED) is 0.821. The molecule has 0 radical (unpaired) electrons. The summed E-state index contributed by atoms with van der Waals surface area (Å²) in [4.78, 5) is 0. The Hall–Kier alpha value is -0.930. The maximum Gasteiger partial charge on any atom is 0.139 e. The van der Waals surface area contributed by atoms with Crippen LogP contribution in [0.1, 0.15) is 12.0 Å². The molecule has 1 heterocycles. The molecule has 15 heavy (non-hydrogen) atoms. The standard InChI is InChI=1S/C12H16FNO/c13-11-9-15-7-6-12(11)14-8-10-4-2-1-3-5-10/h1-5,11-12,14H,6-9H2. The Morgan fingerprint density at radius 3 is 2.87 bits per heavy atom. The molecule has 2 nitrogen and oxygen atoms in total. The van der Waals surface area contributed by atoms with Crippen molar-refractivity contribution in [1.82, 2.24) is 5.32 Å². The number of nitrogens with one attached hydrogen (secondary N) is 1. The highest BCUT2D eigenvalue weighted by molar-refractivity contribution is 5.14. The fourth-order valence-electron chi connectivity index (χ4n) is 1.78. The van der Waals surface area contributed by atoms with Crippen molar-refractivity contribution in [2.45, 2.75) is 25.2 Å². The third-order valence-electron chi connectivity index (χ3n) is 2.70. The zero-order valence-electron chi connectivity index (χ0n) is 8.66. The minimum Gasteiger partial charge on any atom is -0.378 e. The van der Waals surface area contributed by atoms with E-state index in [4.69, 9.17) is 4.74 Å². The monoisotopic (exact) mass is 209 g/mol. The maximum absolute atomic E-state index is 13.4. The number of alkyl halides is 1. The Morgan fingerprint density at radius 2 is 2.13 bits per heavy atom. The van der Waals surface area contributed by atoms with E-state index in [1.165, 1.54) is 5.56 Å². The zero-order chi connectivity index (χ0) is 10.5. The molecule has 0 bridgehead atoms. The van der Waals surface area contributed by atoms with E-state index >= 15 is 0 Å². The lowest BCUT2D eigenvalue weighted by atomic mass is 10.1. The molecule has 1 saturated heterocycles. The highest BCUT2D eigenvalue weighted by Crippen LogP contribution is 2.11.